The Kier molecular flexibility index (Phi) is 4.94. The fourth-order valence-electron chi connectivity index (χ4n) is 7.33. The summed E-state index contributed by atoms with van der Waals surface area (Å²) in [6.07, 6.45) is 0. The Balaban J connectivity index is 1.29. The maximum Gasteiger partial charge on any atom is 0.136 e. The van der Waals surface area contributed by atoms with Crippen LogP contribution in [0.4, 0.5) is 0 Å². The van der Waals surface area contributed by atoms with E-state index in [0.717, 1.165) is 21.9 Å². The summed E-state index contributed by atoms with van der Waals surface area (Å²) in [5, 5.41) is 12.6. The third-order valence-corrected chi connectivity index (χ3v) is 10.4. The summed E-state index contributed by atoms with van der Waals surface area (Å²) >= 11 is 1.84. The van der Waals surface area contributed by atoms with E-state index in [1.807, 2.05) is 11.3 Å². The average Bonchev–Trinajstić information content (AvgIpc) is 3.63. The normalized spacial score (nSPS) is 12.1. The molecule has 2 heteroatoms. The van der Waals surface area contributed by atoms with Gasteiger partial charge in [-0.1, -0.05) is 115 Å². The van der Waals surface area contributed by atoms with Gasteiger partial charge in [-0.25, -0.2) is 0 Å². The van der Waals surface area contributed by atoms with E-state index >= 15 is 0 Å². The molecule has 10 aromatic rings. The second kappa shape index (κ2) is 9.03. The van der Waals surface area contributed by atoms with Gasteiger partial charge in [0, 0.05) is 30.9 Å². The number of hydrogen-bond donors (Lipinski definition) is 0. The van der Waals surface area contributed by atoms with E-state index in [0.29, 0.717) is 0 Å². The molecule has 0 saturated heterocycles. The van der Waals surface area contributed by atoms with E-state index in [1.165, 1.54) is 74.7 Å². The minimum absolute atomic E-state index is 0.921. The lowest BCUT2D eigenvalue weighted by atomic mass is 9.86. The lowest BCUT2D eigenvalue weighted by Crippen LogP contribution is -1.90. The number of benzene rings is 8. The lowest BCUT2D eigenvalue weighted by molar-refractivity contribution is 0.669. The highest BCUT2D eigenvalue weighted by Crippen LogP contribution is 2.46. The molecule has 0 N–H and O–H groups in total. The van der Waals surface area contributed by atoms with Gasteiger partial charge in [0.2, 0.25) is 0 Å². The lowest BCUT2D eigenvalue weighted by Gasteiger charge is -2.17. The SMILES string of the molecule is c1ccc(-c2c3ccccc3c(-c3ccc4oc5cc6sc7ccc8ccccc8c7c6cc5c4c3)c3ccccc23)cc1. The Morgan fingerprint density at radius 2 is 0.977 bits per heavy atom. The summed E-state index contributed by atoms with van der Waals surface area (Å²) in [6, 6.07) is 53.0. The fraction of sp³-hybridized carbons (Fsp3) is 0. The molecule has 0 atom stereocenters. The quantitative estimate of drug-likeness (QED) is 0.187. The Bertz CT molecular complexity index is 2710. The second-order valence-corrected chi connectivity index (χ2v) is 12.7. The molecule has 0 radical (unpaired) electrons. The molecular weight excluding hydrogens is 553 g/mol. The predicted octanol–water partition coefficient (Wildman–Crippen LogP) is 12.7. The Morgan fingerprint density at radius 3 is 1.70 bits per heavy atom. The van der Waals surface area contributed by atoms with Gasteiger partial charge < -0.3 is 4.42 Å². The van der Waals surface area contributed by atoms with Crippen molar-refractivity contribution < 1.29 is 4.42 Å². The van der Waals surface area contributed by atoms with Crippen LogP contribution in [0.25, 0.3) is 96.7 Å². The van der Waals surface area contributed by atoms with Crippen LogP contribution in [-0.2, 0) is 0 Å². The van der Waals surface area contributed by atoms with Gasteiger partial charge in [0.1, 0.15) is 11.2 Å². The number of thiophene rings is 1. The number of furan rings is 1. The predicted molar refractivity (Wildman–Crippen MR) is 190 cm³/mol. The van der Waals surface area contributed by atoms with Crippen molar-refractivity contribution in [3.8, 4) is 22.3 Å². The third-order valence-electron chi connectivity index (χ3n) is 9.23. The van der Waals surface area contributed by atoms with Crippen molar-refractivity contribution in [1.82, 2.24) is 0 Å². The molecule has 0 aliphatic carbocycles. The number of fused-ring (bicyclic) bond motifs is 10. The highest BCUT2D eigenvalue weighted by atomic mass is 32.1. The van der Waals surface area contributed by atoms with Crippen LogP contribution in [0.15, 0.2) is 150 Å². The molecule has 1 nitrogen and oxygen atoms in total. The highest BCUT2D eigenvalue weighted by molar-refractivity contribution is 7.26. The average molecular weight is 577 g/mol. The van der Waals surface area contributed by atoms with Crippen molar-refractivity contribution in [2.45, 2.75) is 0 Å². The van der Waals surface area contributed by atoms with Gasteiger partial charge in [-0.2, -0.15) is 0 Å². The molecule has 0 aliphatic heterocycles. The van der Waals surface area contributed by atoms with Gasteiger partial charge in [0.25, 0.3) is 0 Å². The van der Waals surface area contributed by atoms with E-state index in [4.69, 9.17) is 4.42 Å². The minimum Gasteiger partial charge on any atom is -0.456 e. The van der Waals surface area contributed by atoms with Crippen LogP contribution >= 0.6 is 11.3 Å². The van der Waals surface area contributed by atoms with Crippen LogP contribution in [0.2, 0.25) is 0 Å². The van der Waals surface area contributed by atoms with Gasteiger partial charge in [0.15, 0.2) is 0 Å². The summed E-state index contributed by atoms with van der Waals surface area (Å²) in [5.74, 6) is 0. The first-order valence-electron chi connectivity index (χ1n) is 15.0. The van der Waals surface area contributed by atoms with Gasteiger partial charge >= 0.3 is 0 Å². The molecule has 0 aliphatic rings. The second-order valence-electron chi connectivity index (χ2n) is 11.6. The first-order chi connectivity index (χ1) is 21.8. The number of hydrogen-bond acceptors (Lipinski definition) is 2. The molecule has 0 bridgehead atoms. The van der Waals surface area contributed by atoms with Crippen LogP contribution in [-0.4, -0.2) is 0 Å². The van der Waals surface area contributed by atoms with E-state index < -0.39 is 0 Å². The fourth-order valence-corrected chi connectivity index (χ4v) is 8.46. The van der Waals surface area contributed by atoms with Crippen molar-refractivity contribution in [3.05, 3.63) is 146 Å². The zero-order valence-corrected chi connectivity index (χ0v) is 24.5. The monoisotopic (exact) mass is 576 g/mol. The molecule has 2 aromatic heterocycles. The van der Waals surface area contributed by atoms with E-state index in [1.54, 1.807) is 0 Å². The Morgan fingerprint density at radius 1 is 0.364 bits per heavy atom. The van der Waals surface area contributed by atoms with E-state index in [-0.39, 0.29) is 0 Å². The van der Waals surface area contributed by atoms with Crippen molar-refractivity contribution in [3.63, 3.8) is 0 Å². The van der Waals surface area contributed by atoms with Crippen LogP contribution in [0.5, 0.6) is 0 Å². The van der Waals surface area contributed by atoms with Crippen LogP contribution < -0.4 is 0 Å². The first kappa shape index (κ1) is 24.0. The molecule has 0 amide bonds. The smallest absolute Gasteiger partial charge is 0.136 e. The minimum atomic E-state index is 0.921. The van der Waals surface area contributed by atoms with E-state index in [9.17, 15) is 0 Å². The Hall–Kier alpha value is -5.44. The van der Waals surface area contributed by atoms with Crippen molar-refractivity contribution >= 4 is 85.8 Å². The number of rotatable bonds is 2. The largest absolute Gasteiger partial charge is 0.456 e. The van der Waals surface area contributed by atoms with Gasteiger partial charge in [-0.3, -0.25) is 0 Å². The molecule has 0 spiro atoms. The molecule has 0 saturated carbocycles. The van der Waals surface area contributed by atoms with E-state index in [2.05, 4.69) is 146 Å². The van der Waals surface area contributed by atoms with Crippen molar-refractivity contribution in [2.24, 2.45) is 0 Å². The summed E-state index contributed by atoms with van der Waals surface area (Å²) in [5.41, 5.74) is 6.85. The van der Waals surface area contributed by atoms with Gasteiger partial charge in [-0.05, 0) is 84.9 Å². The molecule has 8 aromatic carbocycles. The highest BCUT2D eigenvalue weighted by Gasteiger charge is 2.18. The third kappa shape index (κ3) is 3.35. The summed E-state index contributed by atoms with van der Waals surface area (Å²) in [4.78, 5) is 0. The standard InChI is InChI=1S/C42H24OS/c1-2-11-26(12-3-1)40-29-14-6-8-16-31(29)41(32-17-9-7-15-30(32)40)27-18-20-36-33(22-27)34-23-35-39(24-37(34)43-36)44-38-21-19-25-10-4-5-13-28(25)42(35)38/h1-24H. The maximum atomic E-state index is 6.49. The molecule has 10 rings (SSSR count). The first-order valence-corrected chi connectivity index (χ1v) is 15.8. The van der Waals surface area contributed by atoms with Crippen molar-refractivity contribution in [2.75, 3.05) is 0 Å². The topological polar surface area (TPSA) is 13.1 Å². The molecule has 0 fully saturated rings. The molecule has 44 heavy (non-hydrogen) atoms. The zero-order chi connectivity index (χ0) is 28.8. The van der Waals surface area contributed by atoms with Crippen LogP contribution in [0, 0.1) is 0 Å². The van der Waals surface area contributed by atoms with Crippen LogP contribution in [0.1, 0.15) is 0 Å². The Labute approximate surface area is 257 Å². The summed E-state index contributed by atoms with van der Waals surface area (Å²) < 4.78 is 9.07. The summed E-state index contributed by atoms with van der Waals surface area (Å²) in [6.45, 7) is 0. The zero-order valence-electron chi connectivity index (χ0n) is 23.7. The summed E-state index contributed by atoms with van der Waals surface area (Å²) in [7, 11) is 0. The van der Waals surface area contributed by atoms with Crippen molar-refractivity contribution in [1.29, 1.82) is 0 Å². The molecule has 2 heterocycles. The molecule has 0 unspecified atom stereocenters. The maximum absolute atomic E-state index is 6.49. The molecule has 204 valence electrons. The van der Waals surface area contributed by atoms with Crippen LogP contribution in [0.3, 0.4) is 0 Å². The van der Waals surface area contributed by atoms with Gasteiger partial charge in [0.05, 0.1) is 0 Å². The van der Waals surface area contributed by atoms with Gasteiger partial charge in [-0.15, -0.1) is 11.3 Å². The molecular formula is C42H24OS.